The molecule has 0 saturated carbocycles. The lowest BCUT2D eigenvalue weighted by molar-refractivity contribution is -0.115. The van der Waals surface area contributed by atoms with Crippen LogP contribution < -0.4 is 10.1 Å². The van der Waals surface area contributed by atoms with Crippen molar-refractivity contribution in [3.05, 3.63) is 58.9 Å². The molecule has 1 heterocycles. The Morgan fingerprint density at radius 3 is 2.56 bits per heavy atom. The van der Waals surface area contributed by atoms with Crippen LogP contribution in [-0.4, -0.2) is 33.0 Å². The molecule has 32 heavy (non-hydrogen) atoms. The van der Waals surface area contributed by atoms with E-state index in [1.807, 2.05) is 6.92 Å². The fourth-order valence-corrected chi connectivity index (χ4v) is 5.16. The second-order valence-electron chi connectivity index (χ2n) is 7.10. The molecule has 6 nitrogen and oxygen atoms in total. The quantitative estimate of drug-likeness (QED) is 0.348. The molecular formula is C23H27ClN4O2S2. The molecule has 0 aliphatic carbocycles. The number of nitrogens with one attached hydrogen (secondary N) is 1. The Hall–Kier alpha value is -2.16. The summed E-state index contributed by atoms with van der Waals surface area (Å²) in [4.78, 5) is 14.1. The van der Waals surface area contributed by atoms with Gasteiger partial charge in [-0.1, -0.05) is 48.0 Å². The van der Waals surface area contributed by atoms with Crippen LogP contribution in [-0.2, 0) is 17.1 Å². The van der Waals surface area contributed by atoms with Gasteiger partial charge in [-0.3, -0.25) is 4.79 Å². The average molecular weight is 491 g/mol. The molecule has 1 atom stereocenters. The summed E-state index contributed by atoms with van der Waals surface area (Å²) in [5.74, 6) is 2.09. The molecule has 0 bridgehead atoms. The highest BCUT2D eigenvalue weighted by Crippen LogP contribution is 2.30. The molecule has 3 rings (SSSR count). The number of carbonyl (C=O) groups is 1. The first-order valence-electron chi connectivity index (χ1n) is 10.4. The minimum Gasteiger partial charge on any atom is -0.495 e. The van der Waals surface area contributed by atoms with Gasteiger partial charge >= 0.3 is 0 Å². The van der Waals surface area contributed by atoms with Gasteiger partial charge in [-0.25, -0.2) is 0 Å². The van der Waals surface area contributed by atoms with Gasteiger partial charge in [0.25, 0.3) is 0 Å². The largest absolute Gasteiger partial charge is 0.495 e. The van der Waals surface area contributed by atoms with Crippen molar-refractivity contribution in [3.63, 3.8) is 0 Å². The van der Waals surface area contributed by atoms with Crippen molar-refractivity contribution in [1.29, 1.82) is 0 Å². The number of carbonyl (C=O) groups excluding carboxylic acids is 1. The lowest BCUT2D eigenvalue weighted by Crippen LogP contribution is -2.25. The van der Waals surface area contributed by atoms with E-state index in [0.29, 0.717) is 22.9 Å². The topological polar surface area (TPSA) is 69.0 Å². The van der Waals surface area contributed by atoms with Crippen LogP contribution in [0.15, 0.2) is 52.5 Å². The molecule has 1 unspecified atom stereocenters. The first-order valence-corrected chi connectivity index (χ1v) is 12.6. The van der Waals surface area contributed by atoms with Crippen molar-refractivity contribution >= 4 is 46.7 Å². The van der Waals surface area contributed by atoms with Gasteiger partial charge in [0.2, 0.25) is 5.91 Å². The molecule has 1 N–H and O–H groups in total. The van der Waals surface area contributed by atoms with Gasteiger partial charge in [0.1, 0.15) is 11.6 Å². The SMILES string of the molecule is CCC(Sc1nnc(CSc2ccc(C)cc2)n1CC)C(=O)Nc1ccc(OC)c(Cl)c1. The fourth-order valence-electron chi connectivity index (χ4n) is 3.03. The van der Waals surface area contributed by atoms with E-state index in [2.05, 4.69) is 58.2 Å². The lowest BCUT2D eigenvalue weighted by Gasteiger charge is -2.15. The van der Waals surface area contributed by atoms with Crippen LogP contribution >= 0.6 is 35.1 Å². The fraction of sp³-hybridized carbons (Fsp3) is 0.348. The minimum absolute atomic E-state index is 0.0973. The summed E-state index contributed by atoms with van der Waals surface area (Å²) in [6, 6.07) is 13.6. The Bertz CT molecular complexity index is 1060. The summed E-state index contributed by atoms with van der Waals surface area (Å²) in [6.07, 6.45) is 0.657. The summed E-state index contributed by atoms with van der Waals surface area (Å²) < 4.78 is 7.24. The van der Waals surface area contributed by atoms with Gasteiger partial charge in [0, 0.05) is 17.1 Å². The molecular weight excluding hydrogens is 464 g/mol. The third-order valence-electron chi connectivity index (χ3n) is 4.83. The maximum Gasteiger partial charge on any atom is 0.237 e. The summed E-state index contributed by atoms with van der Waals surface area (Å²) >= 11 is 9.34. The molecule has 0 saturated heterocycles. The number of anilines is 1. The number of thioether (sulfide) groups is 2. The molecule has 0 aliphatic heterocycles. The normalized spacial score (nSPS) is 11.9. The van der Waals surface area contributed by atoms with Crippen LogP contribution in [0.25, 0.3) is 0 Å². The van der Waals surface area contributed by atoms with Crippen LogP contribution in [0.1, 0.15) is 31.7 Å². The van der Waals surface area contributed by atoms with Crippen LogP contribution in [0.5, 0.6) is 5.75 Å². The number of aromatic nitrogens is 3. The smallest absolute Gasteiger partial charge is 0.237 e. The van der Waals surface area contributed by atoms with Gasteiger partial charge in [0.05, 0.1) is 23.1 Å². The highest BCUT2D eigenvalue weighted by molar-refractivity contribution is 8.00. The Labute approximate surface area is 202 Å². The van der Waals surface area contributed by atoms with Crippen molar-refractivity contribution in [2.24, 2.45) is 0 Å². The van der Waals surface area contributed by atoms with Crippen molar-refractivity contribution in [1.82, 2.24) is 14.8 Å². The van der Waals surface area contributed by atoms with Gasteiger partial charge in [-0.2, -0.15) is 0 Å². The standard InChI is InChI=1S/C23H27ClN4O2S2/c1-5-20(22(29)25-16-9-12-19(30-4)18(24)13-16)32-23-27-26-21(28(23)6-2)14-31-17-10-7-15(3)8-11-17/h7-13,20H,5-6,14H2,1-4H3,(H,25,29). The van der Waals surface area contributed by atoms with E-state index in [0.717, 1.165) is 23.3 Å². The molecule has 0 fully saturated rings. The number of ether oxygens (including phenoxy) is 1. The Morgan fingerprint density at radius 1 is 1.19 bits per heavy atom. The predicted octanol–water partition coefficient (Wildman–Crippen LogP) is 6.07. The van der Waals surface area contributed by atoms with E-state index in [-0.39, 0.29) is 11.2 Å². The summed E-state index contributed by atoms with van der Waals surface area (Å²) in [5, 5.41) is 12.6. The van der Waals surface area contributed by atoms with E-state index in [4.69, 9.17) is 16.3 Å². The first kappa shape index (κ1) is 24.5. The number of nitrogens with zero attached hydrogens (tertiary/aromatic N) is 3. The Morgan fingerprint density at radius 2 is 1.94 bits per heavy atom. The summed E-state index contributed by atoms with van der Waals surface area (Å²) in [6.45, 7) is 6.87. The lowest BCUT2D eigenvalue weighted by atomic mass is 10.2. The Kier molecular flexibility index (Phi) is 8.90. The number of hydrogen-bond donors (Lipinski definition) is 1. The molecule has 170 valence electrons. The molecule has 9 heteroatoms. The number of rotatable bonds is 10. The van der Waals surface area contributed by atoms with E-state index in [1.165, 1.54) is 22.2 Å². The van der Waals surface area contributed by atoms with Gasteiger partial charge < -0.3 is 14.6 Å². The summed E-state index contributed by atoms with van der Waals surface area (Å²) in [7, 11) is 1.56. The van der Waals surface area contributed by atoms with Crippen molar-refractivity contribution < 1.29 is 9.53 Å². The number of benzene rings is 2. The Balaban J connectivity index is 1.66. The van der Waals surface area contributed by atoms with Crippen LogP contribution in [0, 0.1) is 6.92 Å². The highest BCUT2D eigenvalue weighted by Gasteiger charge is 2.22. The number of amides is 1. The van der Waals surface area contributed by atoms with Crippen LogP contribution in [0.2, 0.25) is 5.02 Å². The molecule has 3 aromatic rings. The second kappa shape index (κ2) is 11.6. The predicted molar refractivity (Wildman–Crippen MR) is 133 cm³/mol. The van der Waals surface area contributed by atoms with E-state index < -0.39 is 0 Å². The average Bonchev–Trinajstić information content (AvgIpc) is 3.18. The number of aryl methyl sites for hydroxylation is 1. The highest BCUT2D eigenvalue weighted by atomic mass is 35.5. The van der Waals surface area contributed by atoms with E-state index >= 15 is 0 Å². The van der Waals surface area contributed by atoms with Crippen LogP contribution in [0.3, 0.4) is 0 Å². The van der Waals surface area contributed by atoms with Gasteiger partial charge in [-0.15, -0.1) is 22.0 Å². The molecule has 0 aliphatic rings. The minimum atomic E-state index is -0.303. The first-order chi connectivity index (χ1) is 15.4. The summed E-state index contributed by atoms with van der Waals surface area (Å²) in [5.41, 5.74) is 1.87. The van der Waals surface area contributed by atoms with E-state index in [9.17, 15) is 4.79 Å². The second-order valence-corrected chi connectivity index (χ2v) is 9.72. The van der Waals surface area contributed by atoms with Gasteiger partial charge in [0.15, 0.2) is 5.16 Å². The number of halogens is 1. The number of hydrogen-bond acceptors (Lipinski definition) is 6. The zero-order valence-corrected chi connectivity index (χ0v) is 21.0. The third-order valence-corrected chi connectivity index (χ3v) is 7.48. The zero-order chi connectivity index (χ0) is 23.1. The van der Waals surface area contributed by atoms with Crippen molar-refractivity contribution in [2.45, 2.75) is 54.8 Å². The third kappa shape index (κ3) is 6.21. The van der Waals surface area contributed by atoms with Crippen molar-refractivity contribution in [3.8, 4) is 5.75 Å². The molecule has 0 spiro atoms. The monoisotopic (exact) mass is 490 g/mol. The maximum absolute atomic E-state index is 12.9. The van der Waals surface area contributed by atoms with Gasteiger partial charge in [-0.05, 0) is 50.6 Å². The maximum atomic E-state index is 12.9. The molecule has 1 aromatic heterocycles. The molecule has 1 amide bonds. The number of methoxy groups -OCH3 is 1. The van der Waals surface area contributed by atoms with Crippen LogP contribution in [0.4, 0.5) is 5.69 Å². The molecule has 0 radical (unpaired) electrons. The molecule has 2 aromatic carbocycles. The van der Waals surface area contributed by atoms with Crippen molar-refractivity contribution in [2.75, 3.05) is 12.4 Å². The zero-order valence-electron chi connectivity index (χ0n) is 18.6. The van der Waals surface area contributed by atoms with E-state index in [1.54, 1.807) is 37.1 Å².